The molecule has 12 nitrogen and oxygen atoms in total. The van der Waals surface area contributed by atoms with Gasteiger partial charge in [-0.05, 0) is 60.6 Å². The normalized spacial score (nSPS) is 14.6. The van der Waals surface area contributed by atoms with Crippen molar-refractivity contribution >= 4 is 29.6 Å². The lowest BCUT2D eigenvalue weighted by Crippen LogP contribution is -2.49. The lowest BCUT2D eigenvalue weighted by atomic mass is 9.92. The molecule has 0 spiro atoms. The van der Waals surface area contributed by atoms with Crippen LogP contribution in [0.5, 0.6) is 0 Å². The van der Waals surface area contributed by atoms with Gasteiger partial charge in [0.15, 0.2) is 11.8 Å². The Bertz CT molecular complexity index is 2200. The third-order valence-corrected chi connectivity index (χ3v) is 8.95. The van der Waals surface area contributed by atoms with Crippen LogP contribution in [0.3, 0.4) is 0 Å². The molecule has 1 aliphatic carbocycles. The maximum Gasteiger partial charge on any atom is 0.411 e. The van der Waals surface area contributed by atoms with E-state index >= 15 is 4.39 Å². The van der Waals surface area contributed by atoms with Crippen molar-refractivity contribution in [1.82, 2.24) is 34.8 Å². The fourth-order valence-electron chi connectivity index (χ4n) is 5.32. The first-order valence-electron chi connectivity index (χ1n) is 17.0. The number of carbonyl (C=O) groups excluding carboxylic acids is 2. The van der Waals surface area contributed by atoms with Crippen molar-refractivity contribution in [3.05, 3.63) is 94.0 Å². The van der Waals surface area contributed by atoms with Crippen LogP contribution in [0, 0.1) is 23.1 Å². The second-order valence-corrected chi connectivity index (χ2v) is 14.4. The summed E-state index contributed by atoms with van der Waals surface area (Å²) in [7, 11) is 0. The van der Waals surface area contributed by atoms with Gasteiger partial charge in [-0.2, -0.15) is 32.1 Å². The average molecular weight is 828 g/mol. The molecule has 1 atom stereocenters. The Kier molecular flexibility index (Phi) is 12.5. The van der Waals surface area contributed by atoms with Crippen LogP contribution in [0.15, 0.2) is 60.1 Å². The van der Waals surface area contributed by atoms with Gasteiger partial charge in [0.05, 0.1) is 34.1 Å². The lowest BCUT2D eigenvalue weighted by molar-refractivity contribution is -0.164. The SMILES string of the molecule is CC(C)(C)CCN=C(N)N(C(=O)c1ccc(C#Cc2cnn(C(F)F)c2)c(F)c1)[C@H](COC(=O)NC1(C(F)(F)F)CC1)c1ccc(Cl)c(-n2ncnc2C(F)F)c1. The van der Waals surface area contributed by atoms with Gasteiger partial charge >= 0.3 is 18.8 Å². The highest BCUT2D eigenvalue weighted by molar-refractivity contribution is 6.32. The zero-order chi connectivity index (χ0) is 41.9. The predicted molar refractivity (Wildman–Crippen MR) is 189 cm³/mol. The van der Waals surface area contributed by atoms with Crippen LogP contribution in [-0.4, -0.2) is 72.3 Å². The fraction of sp³-hybridized carbons (Fsp3) is 0.389. The number of amides is 2. The Morgan fingerprint density at radius 3 is 2.40 bits per heavy atom. The van der Waals surface area contributed by atoms with E-state index in [0.29, 0.717) is 11.1 Å². The van der Waals surface area contributed by atoms with Gasteiger partial charge in [-0.3, -0.25) is 14.7 Å². The number of ether oxygens (including phenoxy) is 1. The number of nitrogens with two attached hydrogens (primary N) is 1. The molecule has 2 aromatic carbocycles. The summed E-state index contributed by atoms with van der Waals surface area (Å²) in [6.45, 7) is 1.97. The number of hydrogen-bond acceptors (Lipinski definition) is 7. The molecule has 0 aliphatic heterocycles. The van der Waals surface area contributed by atoms with E-state index in [1.807, 2.05) is 26.1 Å². The van der Waals surface area contributed by atoms with Crippen molar-refractivity contribution in [3.63, 3.8) is 0 Å². The molecule has 2 amide bonds. The van der Waals surface area contributed by atoms with Crippen LogP contribution >= 0.6 is 11.6 Å². The lowest BCUT2D eigenvalue weighted by Gasteiger charge is -2.32. The molecule has 2 aromatic heterocycles. The predicted octanol–water partition coefficient (Wildman–Crippen LogP) is 7.74. The summed E-state index contributed by atoms with van der Waals surface area (Å²) >= 11 is 6.39. The minimum absolute atomic E-state index is 0.00972. The maximum atomic E-state index is 15.5. The van der Waals surface area contributed by atoms with Gasteiger partial charge in [-0.1, -0.05) is 50.3 Å². The summed E-state index contributed by atoms with van der Waals surface area (Å²) in [6, 6.07) is 5.28. The number of guanidine groups is 1. The smallest absolute Gasteiger partial charge is 0.411 e. The van der Waals surface area contributed by atoms with Gasteiger partial charge in [0, 0.05) is 18.3 Å². The van der Waals surface area contributed by atoms with Gasteiger partial charge < -0.3 is 15.8 Å². The summed E-state index contributed by atoms with van der Waals surface area (Å²) in [5.41, 5.74) is 2.94. The number of aliphatic imine (C=N–C) groups is 1. The quantitative estimate of drug-likeness (QED) is 0.0681. The number of hydrogen-bond donors (Lipinski definition) is 2. The summed E-state index contributed by atoms with van der Waals surface area (Å²) in [5, 5.41) is 8.98. The molecule has 0 saturated heterocycles. The first-order chi connectivity index (χ1) is 26.7. The standard InChI is InChI=1S/C36H34ClF8N9O3/c1-34(2,3)12-13-47-32(46)53(30(55)23-7-6-21(25(38)14-23)5-4-20-16-49-52(17-20)31(41)42)27(18-57-33(56)51-35(10-11-35)36(43,44)45)22-8-9-24(37)26(15-22)54-29(28(39)40)48-19-50-54/h6-9,14-17,19,27-28,31H,10-13,18H2,1-3H3,(H2,46,47)(H,51,56)/t27-/m1/s1. The van der Waals surface area contributed by atoms with Crippen LogP contribution < -0.4 is 11.1 Å². The molecule has 21 heteroatoms. The second kappa shape index (κ2) is 16.8. The summed E-state index contributed by atoms with van der Waals surface area (Å²) in [5.74, 6) is 1.61. The zero-order valence-electron chi connectivity index (χ0n) is 30.3. The number of alkyl halides is 7. The van der Waals surface area contributed by atoms with Crippen molar-refractivity contribution < 1.29 is 49.4 Å². The fourth-order valence-corrected chi connectivity index (χ4v) is 5.52. The monoisotopic (exact) mass is 827 g/mol. The van der Waals surface area contributed by atoms with Gasteiger partial charge in [-0.15, -0.1) is 0 Å². The minimum Gasteiger partial charge on any atom is -0.447 e. The molecule has 3 N–H and O–H groups in total. The first kappa shape index (κ1) is 42.4. The Balaban J connectivity index is 1.58. The first-order valence-corrected chi connectivity index (χ1v) is 17.3. The number of rotatable bonds is 11. The number of benzene rings is 2. The highest BCUT2D eigenvalue weighted by atomic mass is 35.5. The van der Waals surface area contributed by atoms with Crippen LogP contribution in [0.4, 0.5) is 39.9 Å². The molecular formula is C36H34ClF8N9O3. The molecule has 4 aromatic rings. The van der Waals surface area contributed by atoms with E-state index in [-0.39, 0.29) is 44.9 Å². The van der Waals surface area contributed by atoms with Crippen LogP contribution in [-0.2, 0) is 4.74 Å². The van der Waals surface area contributed by atoms with E-state index in [1.165, 1.54) is 18.2 Å². The summed E-state index contributed by atoms with van der Waals surface area (Å²) in [4.78, 5) is 36.0. The van der Waals surface area contributed by atoms with Crippen molar-refractivity contribution in [1.29, 1.82) is 0 Å². The van der Waals surface area contributed by atoms with Crippen LogP contribution in [0.25, 0.3) is 5.69 Å². The molecule has 0 radical (unpaired) electrons. The molecule has 5 rings (SSSR count). The molecule has 0 bridgehead atoms. The number of nitrogens with zero attached hydrogens (tertiary/aromatic N) is 7. The third-order valence-electron chi connectivity index (χ3n) is 8.63. The Morgan fingerprint density at radius 2 is 1.81 bits per heavy atom. The number of alkyl carbamates (subject to hydrolysis) is 1. The number of carbonyl (C=O) groups is 2. The Morgan fingerprint density at radius 1 is 1.09 bits per heavy atom. The molecule has 304 valence electrons. The highest BCUT2D eigenvalue weighted by Gasteiger charge is 2.64. The van der Waals surface area contributed by atoms with Gasteiger partial charge in [0.2, 0.25) is 0 Å². The van der Waals surface area contributed by atoms with E-state index in [4.69, 9.17) is 22.1 Å². The van der Waals surface area contributed by atoms with Crippen molar-refractivity contribution in [2.45, 2.75) is 70.8 Å². The van der Waals surface area contributed by atoms with E-state index in [9.17, 15) is 40.3 Å². The molecule has 57 heavy (non-hydrogen) atoms. The average Bonchev–Trinajstić information content (AvgIpc) is 3.50. The molecule has 2 heterocycles. The van der Waals surface area contributed by atoms with Gasteiger partial charge in [0.1, 0.15) is 24.3 Å². The Labute approximate surface area is 325 Å². The number of halogens is 9. The van der Waals surface area contributed by atoms with Crippen molar-refractivity contribution in [2.24, 2.45) is 16.1 Å². The van der Waals surface area contributed by atoms with E-state index < -0.39 is 79.8 Å². The molecule has 1 fully saturated rings. The van der Waals surface area contributed by atoms with Crippen LogP contribution in [0.1, 0.15) is 91.9 Å². The topological polar surface area (TPSA) is 146 Å². The number of nitrogens with one attached hydrogen (secondary N) is 1. The van der Waals surface area contributed by atoms with E-state index in [2.05, 4.69) is 32.0 Å². The molecular weight excluding hydrogens is 794 g/mol. The summed E-state index contributed by atoms with van der Waals surface area (Å²) < 4.78 is 116. The number of aromatic nitrogens is 5. The van der Waals surface area contributed by atoms with Crippen molar-refractivity contribution in [2.75, 3.05) is 13.2 Å². The third kappa shape index (κ3) is 10.2. The minimum atomic E-state index is -4.79. The van der Waals surface area contributed by atoms with Gasteiger partial charge in [-0.25, -0.2) is 32.3 Å². The van der Waals surface area contributed by atoms with Crippen molar-refractivity contribution in [3.8, 4) is 17.5 Å². The molecule has 1 saturated carbocycles. The molecule has 1 aliphatic rings. The highest BCUT2D eigenvalue weighted by Crippen LogP contribution is 2.49. The molecule has 0 unspecified atom stereocenters. The zero-order valence-corrected chi connectivity index (χ0v) is 31.1. The van der Waals surface area contributed by atoms with Gasteiger partial charge in [0.25, 0.3) is 12.3 Å². The summed E-state index contributed by atoms with van der Waals surface area (Å²) in [6.07, 6.45) is -6.91. The largest absolute Gasteiger partial charge is 0.447 e. The maximum absolute atomic E-state index is 15.5. The van der Waals surface area contributed by atoms with E-state index in [0.717, 1.165) is 46.5 Å². The Hall–Kier alpha value is -5.71. The van der Waals surface area contributed by atoms with Crippen LogP contribution in [0.2, 0.25) is 5.02 Å². The second-order valence-electron chi connectivity index (χ2n) is 14.0. The van der Waals surface area contributed by atoms with E-state index in [1.54, 1.807) is 0 Å².